The number of aliphatic hydroxyl groups is 1. The number of carboxylic acids is 1. The van der Waals surface area contributed by atoms with Crippen LogP contribution in [0.15, 0.2) is 59.2 Å². The summed E-state index contributed by atoms with van der Waals surface area (Å²) in [7, 11) is 0. The first kappa shape index (κ1) is 20.8. The van der Waals surface area contributed by atoms with Crippen LogP contribution in [0.1, 0.15) is 45.2 Å². The maximum absolute atomic E-state index is 12.8. The maximum atomic E-state index is 12.8. The van der Waals surface area contributed by atoms with E-state index < -0.39 is 17.0 Å². The molecule has 0 aromatic heterocycles. The summed E-state index contributed by atoms with van der Waals surface area (Å²) in [5.74, 6) is -0.980. The molecule has 0 aliphatic heterocycles. The molecule has 1 aliphatic rings. The Morgan fingerprint density at radius 2 is 1.85 bits per heavy atom. The van der Waals surface area contributed by atoms with E-state index in [1.807, 2.05) is 45.0 Å². The van der Waals surface area contributed by atoms with Crippen molar-refractivity contribution in [2.24, 2.45) is 5.41 Å². The van der Waals surface area contributed by atoms with Crippen molar-refractivity contribution in [3.05, 3.63) is 70.3 Å². The molecule has 4 heteroatoms. The van der Waals surface area contributed by atoms with Crippen LogP contribution in [0.5, 0.6) is 0 Å². The highest BCUT2D eigenvalue weighted by molar-refractivity contribution is 5.99. The number of ketones is 1. The van der Waals surface area contributed by atoms with Gasteiger partial charge in [-0.25, -0.2) is 4.79 Å². The molecular weight excluding hydrogens is 340 g/mol. The van der Waals surface area contributed by atoms with Crippen LogP contribution in [0.25, 0.3) is 0 Å². The molecule has 2 N–H and O–H groups in total. The van der Waals surface area contributed by atoms with E-state index >= 15 is 0 Å². The Balaban J connectivity index is 2.52. The van der Waals surface area contributed by atoms with Gasteiger partial charge in [-0.2, -0.15) is 0 Å². The average molecular weight is 368 g/mol. The van der Waals surface area contributed by atoms with Crippen LogP contribution in [-0.4, -0.2) is 27.6 Å². The summed E-state index contributed by atoms with van der Waals surface area (Å²) in [6, 6.07) is 7.91. The zero-order valence-corrected chi connectivity index (χ0v) is 16.7. The van der Waals surface area contributed by atoms with E-state index in [0.29, 0.717) is 23.1 Å². The molecular formula is C23H28O4. The average Bonchev–Trinajstić information content (AvgIpc) is 2.56. The van der Waals surface area contributed by atoms with E-state index in [1.165, 1.54) is 0 Å². The molecule has 0 saturated heterocycles. The SMILES string of the molecule is CC1=C(Cc2ccccc2C)C(=O)CC(C)(C)[C@@]1(O)/C=C/C(C)=C/C(=O)O. The number of hydrogen-bond acceptors (Lipinski definition) is 3. The molecule has 0 spiro atoms. The molecule has 1 aromatic rings. The van der Waals surface area contributed by atoms with Gasteiger partial charge in [-0.15, -0.1) is 0 Å². The molecule has 1 aliphatic carbocycles. The second kappa shape index (κ2) is 7.65. The molecule has 0 heterocycles. The molecule has 0 radical (unpaired) electrons. The monoisotopic (exact) mass is 368 g/mol. The van der Waals surface area contributed by atoms with Crippen LogP contribution in [-0.2, 0) is 16.0 Å². The van der Waals surface area contributed by atoms with E-state index in [2.05, 4.69) is 0 Å². The number of carboxylic acid groups (broad SMARTS) is 1. The van der Waals surface area contributed by atoms with Crippen LogP contribution < -0.4 is 0 Å². The zero-order chi connectivity index (χ0) is 20.4. The van der Waals surface area contributed by atoms with E-state index in [4.69, 9.17) is 5.11 Å². The van der Waals surface area contributed by atoms with Gasteiger partial charge < -0.3 is 10.2 Å². The number of benzene rings is 1. The summed E-state index contributed by atoms with van der Waals surface area (Å²) in [6.45, 7) is 9.20. The van der Waals surface area contributed by atoms with E-state index in [-0.39, 0.29) is 12.2 Å². The fourth-order valence-corrected chi connectivity index (χ4v) is 3.67. The Bertz CT molecular complexity index is 855. The summed E-state index contributed by atoms with van der Waals surface area (Å²) in [4.78, 5) is 23.7. The molecule has 0 fully saturated rings. The Morgan fingerprint density at radius 3 is 2.44 bits per heavy atom. The molecule has 0 unspecified atom stereocenters. The lowest BCUT2D eigenvalue weighted by atomic mass is 9.62. The predicted molar refractivity (Wildman–Crippen MR) is 106 cm³/mol. The van der Waals surface area contributed by atoms with Crippen molar-refractivity contribution < 1.29 is 19.8 Å². The van der Waals surface area contributed by atoms with Crippen LogP contribution in [0.3, 0.4) is 0 Å². The molecule has 27 heavy (non-hydrogen) atoms. The van der Waals surface area contributed by atoms with Crippen LogP contribution in [0, 0.1) is 12.3 Å². The molecule has 0 bridgehead atoms. The Kier molecular flexibility index (Phi) is 5.91. The first-order valence-corrected chi connectivity index (χ1v) is 9.09. The number of Topliss-reactive ketones (excluding diaryl/α,β-unsaturated/α-hetero) is 1. The molecule has 0 amide bonds. The summed E-state index contributed by atoms with van der Waals surface area (Å²) < 4.78 is 0. The second-order valence-corrected chi connectivity index (χ2v) is 8.02. The number of aryl methyl sites for hydroxylation is 1. The minimum Gasteiger partial charge on any atom is -0.478 e. The van der Waals surface area contributed by atoms with Gasteiger partial charge in [0.2, 0.25) is 0 Å². The van der Waals surface area contributed by atoms with Gasteiger partial charge in [0.25, 0.3) is 0 Å². The Morgan fingerprint density at radius 1 is 1.22 bits per heavy atom. The molecule has 4 nitrogen and oxygen atoms in total. The zero-order valence-electron chi connectivity index (χ0n) is 16.7. The van der Waals surface area contributed by atoms with Crippen molar-refractivity contribution in [1.82, 2.24) is 0 Å². The predicted octanol–water partition coefficient (Wildman–Crippen LogP) is 4.17. The van der Waals surface area contributed by atoms with Gasteiger partial charge in [0.15, 0.2) is 5.78 Å². The van der Waals surface area contributed by atoms with Gasteiger partial charge in [0.05, 0.1) is 0 Å². The number of carbonyl (C=O) groups excluding carboxylic acids is 1. The Labute approximate surface area is 160 Å². The third-order valence-electron chi connectivity index (χ3n) is 5.56. The normalized spacial score (nSPS) is 23.2. The lowest BCUT2D eigenvalue weighted by molar-refractivity contribution is -0.131. The highest BCUT2D eigenvalue weighted by Gasteiger charge is 2.49. The molecule has 0 saturated carbocycles. The summed E-state index contributed by atoms with van der Waals surface area (Å²) in [6.07, 6.45) is 5.04. The Hall–Kier alpha value is -2.46. The topological polar surface area (TPSA) is 74.6 Å². The number of aliphatic carboxylic acids is 1. The van der Waals surface area contributed by atoms with Crippen molar-refractivity contribution in [1.29, 1.82) is 0 Å². The number of hydrogen-bond donors (Lipinski definition) is 2. The lowest BCUT2D eigenvalue weighted by Crippen LogP contribution is -2.49. The summed E-state index contributed by atoms with van der Waals surface area (Å²) >= 11 is 0. The number of carbonyl (C=O) groups is 2. The van der Waals surface area contributed by atoms with Crippen molar-refractivity contribution in [3.8, 4) is 0 Å². The van der Waals surface area contributed by atoms with E-state index in [0.717, 1.165) is 17.2 Å². The van der Waals surface area contributed by atoms with Gasteiger partial charge in [0, 0.05) is 29.9 Å². The largest absolute Gasteiger partial charge is 0.478 e. The number of allylic oxidation sites excluding steroid dienone is 3. The molecule has 144 valence electrons. The van der Waals surface area contributed by atoms with E-state index in [9.17, 15) is 14.7 Å². The number of rotatable bonds is 5. The first-order chi connectivity index (χ1) is 12.5. The third-order valence-corrected chi connectivity index (χ3v) is 5.56. The molecule has 1 aromatic carbocycles. The fourth-order valence-electron chi connectivity index (χ4n) is 3.67. The fraction of sp³-hybridized carbons (Fsp3) is 0.391. The highest BCUT2D eigenvalue weighted by atomic mass is 16.4. The van der Waals surface area contributed by atoms with Gasteiger partial charge in [0.1, 0.15) is 5.60 Å². The van der Waals surface area contributed by atoms with Gasteiger partial charge >= 0.3 is 5.97 Å². The van der Waals surface area contributed by atoms with Crippen molar-refractivity contribution in [3.63, 3.8) is 0 Å². The van der Waals surface area contributed by atoms with Gasteiger partial charge in [-0.1, -0.05) is 44.2 Å². The molecule has 1 atom stereocenters. The first-order valence-electron chi connectivity index (χ1n) is 9.09. The minimum absolute atomic E-state index is 0.0524. The van der Waals surface area contributed by atoms with Crippen molar-refractivity contribution >= 4 is 11.8 Å². The van der Waals surface area contributed by atoms with Crippen molar-refractivity contribution in [2.75, 3.05) is 0 Å². The van der Waals surface area contributed by atoms with Crippen LogP contribution in [0.2, 0.25) is 0 Å². The minimum atomic E-state index is -1.33. The summed E-state index contributed by atoms with van der Waals surface area (Å²) in [5.41, 5.74) is 1.94. The summed E-state index contributed by atoms with van der Waals surface area (Å²) in [5, 5.41) is 20.4. The quantitative estimate of drug-likeness (QED) is 0.604. The standard InChI is InChI=1S/C23H28O4/c1-15(12-21(25)26)10-11-23(27)17(3)19(20(24)14-22(23,4)5)13-18-9-7-6-8-16(18)2/h6-12,27H,13-14H2,1-5H3,(H,25,26)/b11-10+,15-12+/t23-/m1/s1. The molecule has 2 rings (SSSR count). The third kappa shape index (κ3) is 4.28. The van der Waals surface area contributed by atoms with Crippen molar-refractivity contribution in [2.45, 2.75) is 53.1 Å². The lowest BCUT2D eigenvalue weighted by Gasteiger charge is -2.46. The van der Waals surface area contributed by atoms with Gasteiger partial charge in [-0.05, 0) is 49.1 Å². The van der Waals surface area contributed by atoms with Gasteiger partial charge in [-0.3, -0.25) is 4.79 Å². The smallest absolute Gasteiger partial charge is 0.328 e. The van der Waals surface area contributed by atoms with E-state index in [1.54, 1.807) is 26.0 Å². The van der Waals surface area contributed by atoms with Crippen LogP contribution in [0.4, 0.5) is 0 Å². The highest BCUT2D eigenvalue weighted by Crippen LogP contribution is 2.47. The van der Waals surface area contributed by atoms with Crippen LogP contribution >= 0.6 is 0 Å². The maximum Gasteiger partial charge on any atom is 0.328 e. The second-order valence-electron chi connectivity index (χ2n) is 8.02.